The number of hydrogen-bond donors (Lipinski definition) is 1. The Morgan fingerprint density at radius 2 is 2.38 bits per heavy atom. The second-order valence-corrected chi connectivity index (χ2v) is 4.00. The fourth-order valence-corrected chi connectivity index (χ4v) is 1.87. The number of carbonyl (C=O) groups excluding carboxylic acids is 1. The van der Waals surface area contributed by atoms with E-state index in [1.807, 2.05) is 5.38 Å². The average molecular weight is 244 g/mol. The summed E-state index contributed by atoms with van der Waals surface area (Å²) in [6, 6.07) is 0. The quantitative estimate of drug-likeness (QED) is 0.579. The fraction of sp³-hybridized carbons (Fsp3) is 0.600. The summed E-state index contributed by atoms with van der Waals surface area (Å²) in [5.41, 5.74) is 0.912. The van der Waals surface area contributed by atoms with Crippen LogP contribution in [-0.2, 0) is 20.7 Å². The van der Waals surface area contributed by atoms with Crippen molar-refractivity contribution in [3.63, 3.8) is 0 Å². The Labute approximate surface area is 98.8 Å². The number of nitrogens with zero attached hydrogens (tertiary/aromatic N) is 1. The Morgan fingerprint density at radius 3 is 3.06 bits per heavy atom. The molecular weight excluding hydrogens is 228 g/mol. The molecule has 0 atom stereocenters. The molecule has 0 saturated heterocycles. The predicted octanol–water partition coefficient (Wildman–Crippen LogP) is 1.31. The van der Waals surface area contributed by atoms with Gasteiger partial charge in [-0.3, -0.25) is 4.79 Å². The predicted molar refractivity (Wildman–Crippen MR) is 62.8 cm³/mol. The van der Waals surface area contributed by atoms with E-state index in [4.69, 9.17) is 4.74 Å². The van der Waals surface area contributed by atoms with E-state index in [0.717, 1.165) is 17.4 Å². The number of carbonyl (C=O) groups is 1. The largest absolute Gasteiger partial charge is 0.469 e. The van der Waals surface area contributed by atoms with Gasteiger partial charge >= 0.3 is 5.97 Å². The van der Waals surface area contributed by atoms with Crippen LogP contribution in [0.3, 0.4) is 0 Å². The highest BCUT2D eigenvalue weighted by atomic mass is 32.1. The number of aryl methyl sites for hydroxylation is 1. The van der Waals surface area contributed by atoms with Crippen LogP contribution in [0.1, 0.15) is 12.1 Å². The Kier molecular flexibility index (Phi) is 5.81. The Hall–Kier alpha value is -1.14. The molecule has 90 valence electrons. The molecule has 0 aliphatic rings. The molecule has 0 aliphatic carbocycles. The summed E-state index contributed by atoms with van der Waals surface area (Å²) in [4.78, 5) is 15.3. The van der Waals surface area contributed by atoms with Gasteiger partial charge in [0.05, 0.1) is 25.8 Å². The van der Waals surface area contributed by atoms with E-state index in [1.165, 1.54) is 18.4 Å². The number of esters is 1. The maximum atomic E-state index is 10.9. The molecule has 0 aliphatic heterocycles. The second-order valence-electron chi connectivity index (χ2n) is 3.14. The van der Waals surface area contributed by atoms with E-state index >= 15 is 0 Å². The molecule has 1 aromatic heterocycles. The van der Waals surface area contributed by atoms with Crippen LogP contribution >= 0.6 is 11.3 Å². The Bertz CT molecular complexity index is 328. The smallest absolute Gasteiger partial charge is 0.305 e. The molecule has 0 fully saturated rings. The first kappa shape index (κ1) is 12.9. The maximum absolute atomic E-state index is 10.9. The van der Waals surface area contributed by atoms with Gasteiger partial charge in [-0.2, -0.15) is 0 Å². The number of methoxy groups -OCH3 is 2. The van der Waals surface area contributed by atoms with Crippen LogP contribution in [0.4, 0.5) is 5.13 Å². The van der Waals surface area contributed by atoms with Gasteiger partial charge in [0, 0.05) is 25.5 Å². The molecular formula is C10H16N2O3S. The number of nitrogens with one attached hydrogen (secondary N) is 1. The van der Waals surface area contributed by atoms with Crippen molar-refractivity contribution in [3.8, 4) is 0 Å². The summed E-state index contributed by atoms with van der Waals surface area (Å²) in [5.74, 6) is -0.207. The Morgan fingerprint density at radius 1 is 1.56 bits per heavy atom. The average Bonchev–Trinajstić information content (AvgIpc) is 2.74. The molecule has 0 amide bonds. The van der Waals surface area contributed by atoms with Crippen LogP contribution in [0.2, 0.25) is 0 Å². The zero-order valence-corrected chi connectivity index (χ0v) is 10.3. The summed E-state index contributed by atoms with van der Waals surface area (Å²) in [6.45, 7) is 1.39. The lowest BCUT2D eigenvalue weighted by Gasteiger charge is -2.00. The highest BCUT2D eigenvalue weighted by Gasteiger charge is 2.05. The summed E-state index contributed by atoms with van der Waals surface area (Å²) in [7, 11) is 3.05. The first-order valence-corrected chi connectivity index (χ1v) is 5.88. The first-order valence-electron chi connectivity index (χ1n) is 5.00. The summed E-state index contributed by atoms with van der Waals surface area (Å²) < 4.78 is 9.48. The van der Waals surface area contributed by atoms with Crippen molar-refractivity contribution in [1.29, 1.82) is 0 Å². The highest BCUT2D eigenvalue weighted by molar-refractivity contribution is 7.13. The molecule has 1 aromatic rings. The fourth-order valence-electron chi connectivity index (χ4n) is 1.10. The van der Waals surface area contributed by atoms with Crippen LogP contribution in [0.5, 0.6) is 0 Å². The lowest BCUT2D eigenvalue weighted by Crippen LogP contribution is -2.07. The van der Waals surface area contributed by atoms with Gasteiger partial charge in [-0.05, 0) is 0 Å². The third kappa shape index (κ3) is 4.59. The zero-order valence-electron chi connectivity index (χ0n) is 9.49. The van der Waals surface area contributed by atoms with Crippen LogP contribution in [-0.4, -0.2) is 38.3 Å². The van der Waals surface area contributed by atoms with Gasteiger partial charge in [-0.1, -0.05) is 0 Å². The van der Waals surface area contributed by atoms with E-state index in [9.17, 15) is 4.79 Å². The van der Waals surface area contributed by atoms with Crippen molar-refractivity contribution in [2.75, 3.05) is 32.7 Å². The first-order chi connectivity index (χ1) is 7.76. The van der Waals surface area contributed by atoms with E-state index in [2.05, 4.69) is 15.0 Å². The molecule has 0 aromatic carbocycles. The zero-order chi connectivity index (χ0) is 11.8. The van der Waals surface area contributed by atoms with Crippen LogP contribution in [0.25, 0.3) is 0 Å². The van der Waals surface area contributed by atoms with Gasteiger partial charge in [-0.15, -0.1) is 11.3 Å². The van der Waals surface area contributed by atoms with Gasteiger partial charge < -0.3 is 14.8 Å². The van der Waals surface area contributed by atoms with Gasteiger partial charge in [-0.25, -0.2) is 4.98 Å². The number of aromatic nitrogens is 1. The van der Waals surface area contributed by atoms with Crippen molar-refractivity contribution < 1.29 is 14.3 Å². The summed E-state index contributed by atoms with van der Waals surface area (Å²) in [5, 5.41) is 5.93. The van der Waals surface area contributed by atoms with Gasteiger partial charge in [0.1, 0.15) is 0 Å². The number of anilines is 1. The molecule has 16 heavy (non-hydrogen) atoms. The van der Waals surface area contributed by atoms with Crippen LogP contribution in [0, 0.1) is 0 Å². The number of ether oxygens (including phenoxy) is 2. The molecule has 0 unspecified atom stereocenters. The second kappa shape index (κ2) is 7.19. The minimum absolute atomic E-state index is 0.207. The third-order valence-electron chi connectivity index (χ3n) is 1.95. The molecule has 0 spiro atoms. The maximum Gasteiger partial charge on any atom is 0.305 e. The third-order valence-corrected chi connectivity index (χ3v) is 2.80. The van der Waals surface area contributed by atoms with Crippen LogP contribution < -0.4 is 5.32 Å². The standard InChI is InChI=1S/C10H16N2O3S/c1-14-6-5-11-10-12-8(7-16-10)3-4-9(13)15-2/h7H,3-6H2,1-2H3,(H,11,12). The van der Waals surface area contributed by atoms with Crippen molar-refractivity contribution in [3.05, 3.63) is 11.1 Å². The lowest BCUT2D eigenvalue weighted by molar-refractivity contribution is -0.140. The van der Waals surface area contributed by atoms with Crippen molar-refractivity contribution in [2.45, 2.75) is 12.8 Å². The molecule has 1 N–H and O–H groups in total. The summed E-state index contributed by atoms with van der Waals surface area (Å²) >= 11 is 1.53. The molecule has 5 nitrogen and oxygen atoms in total. The van der Waals surface area contributed by atoms with Gasteiger partial charge in [0.25, 0.3) is 0 Å². The van der Waals surface area contributed by atoms with Crippen molar-refractivity contribution in [1.82, 2.24) is 4.98 Å². The van der Waals surface area contributed by atoms with Crippen molar-refractivity contribution in [2.24, 2.45) is 0 Å². The lowest BCUT2D eigenvalue weighted by atomic mass is 10.2. The monoisotopic (exact) mass is 244 g/mol. The van der Waals surface area contributed by atoms with E-state index in [1.54, 1.807) is 7.11 Å². The molecule has 6 heteroatoms. The SMILES string of the molecule is COCCNc1nc(CCC(=O)OC)cs1. The number of rotatable bonds is 7. The van der Waals surface area contributed by atoms with Crippen molar-refractivity contribution >= 4 is 22.4 Å². The number of thiazole rings is 1. The topological polar surface area (TPSA) is 60.5 Å². The minimum Gasteiger partial charge on any atom is -0.469 e. The Balaban J connectivity index is 2.30. The van der Waals surface area contributed by atoms with Gasteiger partial charge in [0.15, 0.2) is 5.13 Å². The molecule has 1 heterocycles. The highest BCUT2D eigenvalue weighted by Crippen LogP contribution is 2.16. The molecule has 0 bridgehead atoms. The minimum atomic E-state index is -0.207. The molecule has 1 rings (SSSR count). The number of hydrogen-bond acceptors (Lipinski definition) is 6. The molecule has 0 saturated carbocycles. The van der Waals surface area contributed by atoms with E-state index in [0.29, 0.717) is 19.4 Å². The van der Waals surface area contributed by atoms with E-state index < -0.39 is 0 Å². The summed E-state index contributed by atoms with van der Waals surface area (Å²) in [6.07, 6.45) is 0.993. The normalized spacial score (nSPS) is 10.1. The van der Waals surface area contributed by atoms with Crippen LogP contribution in [0.15, 0.2) is 5.38 Å². The molecule has 0 radical (unpaired) electrons. The van der Waals surface area contributed by atoms with Gasteiger partial charge in [0.2, 0.25) is 0 Å². The van der Waals surface area contributed by atoms with E-state index in [-0.39, 0.29) is 5.97 Å².